The van der Waals surface area contributed by atoms with Crippen molar-refractivity contribution in [3.63, 3.8) is 0 Å². The SMILES string of the molecule is Nc1nc(Cl)cc(Oc2ccccc2OC(F)(F)F)n1. The van der Waals surface area contributed by atoms with Crippen LogP contribution in [-0.4, -0.2) is 16.3 Å². The summed E-state index contributed by atoms with van der Waals surface area (Å²) >= 11 is 5.64. The van der Waals surface area contributed by atoms with E-state index in [0.29, 0.717) is 0 Å². The van der Waals surface area contributed by atoms with E-state index in [-0.39, 0.29) is 22.7 Å². The molecule has 0 aliphatic heterocycles. The van der Waals surface area contributed by atoms with E-state index in [1.54, 1.807) is 0 Å². The summed E-state index contributed by atoms with van der Waals surface area (Å²) in [5, 5.41) is 0.00159. The van der Waals surface area contributed by atoms with Gasteiger partial charge in [0.15, 0.2) is 11.5 Å². The maximum absolute atomic E-state index is 12.2. The van der Waals surface area contributed by atoms with Gasteiger partial charge in [-0.25, -0.2) is 4.98 Å². The van der Waals surface area contributed by atoms with Gasteiger partial charge in [-0.15, -0.1) is 13.2 Å². The van der Waals surface area contributed by atoms with Crippen LogP contribution in [0.3, 0.4) is 0 Å². The Kier molecular flexibility index (Phi) is 3.84. The minimum Gasteiger partial charge on any atom is -0.435 e. The van der Waals surface area contributed by atoms with Crippen molar-refractivity contribution in [2.45, 2.75) is 6.36 Å². The number of hydrogen-bond acceptors (Lipinski definition) is 5. The minimum absolute atomic E-state index is 0.00159. The Bertz CT molecular complexity index is 602. The molecule has 2 rings (SSSR count). The number of ether oxygens (including phenoxy) is 2. The van der Waals surface area contributed by atoms with E-state index < -0.39 is 12.1 Å². The van der Waals surface area contributed by atoms with Crippen LogP contribution in [-0.2, 0) is 0 Å². The molecule has 106 valence electrons. The van der Waals surface area contributed by atoms with Crippen LogP contribution < -0.4 is 15.2 Å². The molecule has 9 heteroatoms. The Labute approximate surface area is 116 Å². The lowest BCUT2D eigenvalue weighted by molar-refractivity contribution is -0.275. The number of nitrogen functional groups attached to an aromatic ring is 1. The molecule has 0 fully saturated rings. The van der Waals surface area contributed by atoms with Crippen LogP contribution in [0.25, 0.3) is 0 Å². The number of hydrogen-bond donors (Lipinski definition) is 1. The van der Waals surface area contributed by atoms with E-state index >= 15 is 0 Å². The number of para-hydroxylation sites is 2. The quantitative estimate of drug-likeness (QED) is 0.880. The molecular weight excluding hydrogens is 299 g/mol. The van der Waals surface area contributed by atoms with Gasteiger partial charge in [-0.2, -0.15) is 4.98 Å². The third kappa shape index (κ3) is 3.89. The third-order valence-electron chi connectivity index (χ3n) is 1.98. The maximum Gasteiger partial charge on any atom is 0.573 e. The van der Waals surface area contributed by atoms with Crippen molar-refractivity contribution in [2.24, 2.45) is 0 Å². The molecule has 20 heavy (non-hydrogen) atoms. The predicted molar refractivity (Wildman–Crippen MR) is 64.7 cm³/mol. The fourth-order valence-electron chi connectivity index (χ4n) is 1.32. The first-order valence-corrected chi connectivity index (χ1v) is 5.54. The average Bonchev–Trinajstić information content (AvgIpc) is 2.28. The summed E-state index contributed by atoms with van der Waals surface area (Å²) in [6.45, 7) is 0. The average molecular weight is 306 g/mol. The monoisotopic (exact) mass is 305 g/mol. The molecule has 2 aromatic rings. The van der Waals surface area contributed by atoms with Crippen molar-refractivity contribution in [2.75, 3.05) is 5.73 Å². The van der Waals surface area contributed by atoms with E-state index in [1.165, 1.54) is 24.3 Å². The van der Waals surface area contributed by atoms with Crippen LogP contribution in [0.1, 0.15) is 0 Å². The number of nitrogens with two attached hydrogens (primary N) is 1. The Morgan fingerprint density at radius 2 is 1.75 bits per heavy atom. The number of benzene rings is 1. The highest BCUT2D eigenvalue weighted by atomic mass is 35.5. The highest BCUT2D eigenvalue weighted by Gasteiger charge is 2.32. The van der Waals surface area contributed by atoms with Crippen LogP contribution in [0.4, 0.5) is 19.1 Å². The molecule has 2 N–H and O–H groups in total. The molecule has 1 heterocycles. The number of rotatable bonds is 3. The van der Waals surface area contributed by atoms with E-state index in [4.69, 9.17) is 22.1 Å². The van der Waals surface area contributed by atoms with Crippen molar-refractivity contribution in [3.8, 4) is 17.4 Å². The number of halogens is 4. The molecule has 0 unspecified atom stereocenters. The van der Waals surface area contributed by atoms with Gasteiger partial charge in [-0.3, -0.25) is 0 Å². The first-order chi connectivity index (χ1) is 9.33. The molecular formula is C11H7ClF3N3O2. The van der Waals surface area contributed by atoms with Gasteiger partial charge in [0, 0.05) is 6.07 Å². The van der Waals surface area contributed by atoms with Crippen molar-refractivity contribution in [3.05, 3.63) is 35.5 Å². The summed E-state index contributed by atoms with van der Waals surface area (Å²) in [4.78, 5) is 7.29. The van der Waals surface area contributed by atoms with Crippen molar-refractivity contribution < 1.29 is 22.6 Å². The molecule has 5 nitrogen and oxygen atoms in total. The van der Waals surface area contributed by atoms with Crippen LogP contribution in [0.5, 0.6) is 17.4 Å². The first kappa shape index (κ1) is 14.2. The molecule has 0 saturated heterocycles. The van der Waals surface area contributed by atoms with Crippen LogP contribution >= 0.6 is 11.6 Å². The zero-order chi connectivity index (χ0) is 14.8. The predicted octanol–water partition coefficient (Wildman–Crippen LogP) is 3.40. The fraction of sp³-hybridized carbons (Fsp3) is 0.0909. The normalized spacial score (nSPS) is 11.2. The standard InChI is InChI=1S/C11H7ClF3N3O2/c12-8-5-9(18-10(16)17-8)19-6-3-1-2-4-7(6)20-11(13,14)15/h1-5H,(H2,16,17,18). The largest absolute Gasteiger partial charge is 0.573 e. The van der Waals surface area contributed by atoms with E-state index in [9.17, 15) is 13.2 Å². The number of aromatic nitrogens is 2. The second kappa shape index (κ2) is 5.41. The lowest BCUT2D eigenvalue weighted by Crippen LogP contribution is -2.17. The van der Waals surface area contributed by atoms with Gasteiger partial charge in [0.2, 0.25) is 11.8 Å². The van der Waals surface area contributed by atoms with Gasteiger partial charge in [0.1, 0.15) is 5.15 Å². The summed E-state index contributed by atoms with van der Waals surface area (Å²) in [6.07, 6.45) is -4.83. The van der Waals surface area contributed by atoms with Gasteiger partial charge in [-0.05, 0) is 12.1 Å². The highest BCUT2D eigenvalue weighted by Crippen LogP contribution is 2.34. The minimum atomic E-state index is -4.83. The van der Waals surface area contributed by atoms with Crippen LogP contribution in [0.15, 0.2) is 30.3 Å². The Morgan fingerprint density at radius 1 is 1.10 bits per heavy atom. The first-order valence-electron chi connectivity index (χ1n) is 5.16. The molecule has 0 bridgehead atoms. The Morgan fingerprint density at radius 3 is 2.35 bits per heavy atom. The van der Waals surface area contributed by atoms with E-state index in [0.717, 1.165) is 6.07 Å². The third-order valence-corrected chi connectivity index (χ3v) is 2.17. The highest BCUT2D eigenvalue weighted by molar-refractivity contribution is 6.29. The molecule has 1 aromatic heterocycles. The molecule has 0 aliphatic carbocycles. The van der Waals surface area contributed by atoms with Gasteiger partial charge >= 0.3 is 6.36 Å². The number of nitrogens with zero attached hydrogens (tertiary/aromatic N) is 2. The second-order valence-electron chi connectivity index (χ2n) is 3.48. The second-order valence-corrected chi connectivity index (χ2v) is 3.87. The zero-order valence-corrected chi connectivity index (χ0v) is 10.4. The molecule has 0 aliphatic rings. The molecule has 0 amide bonds. The van der Waals surface area contributed by atoms with Gasteiger partial charge in [0.25, 0.3) is 0 Å². The van der Waals surface area contributed by atoms with Crippen molar-refractivity contribution in [1.29, 1.82) is 0 Å². The lowest BCUT2D eigenvalue weighted by atomic mass is 10.3. The van der Waals surface area contributed by atoms with Crippen molar-refractivity contribution in [1.82, 2.24) is 9.97 Å². The molecule has 1 aromatic carbocycles. The summed E-state index contributed by atoms with van der Waals surface area (Å²) in [5.41, 5.74) is 5.35. The van der Waals surface area contributed by atoms with Gasteiger partial charge in [-0.1, -0.05) is 23.7 Å². The molecule has 0 atom stereocenters. The van der Waals surface area contributed by atoms with Crippen molar-refractivity contribution >= 4 is 17.5 Å². The topological polar surface area (TPSA) is 70.3 Å². The Hall–Kier alpha value is -2.22. The molecule has 0 radical (unpaired) electrons. The fourth-order valence-corrected chi connectivity index (χ4v) is 1.50. The van der Waals surface area contributed by atoms with E-state index in [2.05, 4.69) is 14.7 Å². The smallest absolute Gasteiger partial charge is 0.435 e. The number of alkyl halides is 3. The lowest BCUT2D eigenvalue weighted by Gasteiger charge is -2.13. The van der Waals surface area contributed by atoms with Crippen LogP contribution in [0, 0.1) is 0 Å². The molecule has 0 saturated carbocycles. The van der Waals surface area contributed by atoms with Gasteiger partial charge in [0.05, 0.1) is 0 Å². The van der Waals surface area contributed by atoms with E-state index in [1.807, 2.05) is 0 Å². The number of anilines is 1. The zero-order valence-electron chi connectivity index (χ0n) is 9.69. The molecule has 0 spiro atoms. The Balaban J connectivity index is 2.29. The summed E-state index contributed by atoms with van der Waals surface area (Å²) in [7, 11) is 0. The summed E-state index contributed by atoms with van der Waals surface area (Å²) in [5.74, 6) is -0.949. The van der Waals surface area contributed by atoms with Crippen LogP contribution in [0.2, 0.25) is 5.15 Å². The summed E-state index contributed by atoms with van der Waals surface area (Å²) in [6, 6.07) is 6.45. The summed E-state index contributed by atoms with van der Waals surface area (Å²) < 4.78 is 45.7. The maximum atomic E-state index is 12.2. The van der Waals surface area contributed by atoms with Gasteiger partial charge < -0.3 is 15.2 Å².